The molecule has 2 heteroatoms. The molecule has 0 bridgehead atoms. The van der Waals surface area contributed by atoms with Crippen molar-refractivity contribution in [2.45, 2.75) is 6.92 Å². The molecule has 0 unspecified atom stereocenters. The standard InChI is InChI=1S/C16H15NO/c1-12-16(11-14-5-3-4-10-17(12)14)13-6-8-15(18-2)9-7-13/h3-11H,1-2H3. The quantitative estimate of drug-likeness (QED) is 0.658. The molecule has 0 saturated carbocycles. The lowest BCUT2D eigenvalue weighted by molar-refractivity contribution is 0.415. The fourth-order valence-corrected chi connectivity index (χ4v) is 2.32. The molecule has 2 heterocycles. The molecular formula is C16H15NO. The van der Waals surface area contributed by atoms with Crippen LogP contribution in [-0.4, -0.2) is 11.5 Å². The number of ether oxygens (including phenoxy) is 1. The second kappa shape index (κ2) is 4.22. The third kappa shape index (κ3) is 1.66. The summed E-state index contributed by atoms with van der Waals surface area (Å²) in [6.07, 6.45) is 2.09. The molecule has 1 aromatic carbocycles. The molecule has 0 radical (unpaired) electrons. The highest BCUT2D eigenvalue weighted by molar-refractivity contribution is 5.74. The van der Waals surface area contributed by atoms with Crippen molar-refractivity contribution in [2.24, 2.45) is 0 Å². The van der Waals surface area contributed by atoms with Gasteiger partial charge < -0.3 is 9.14 Å². The second-order valence-electron chi connectivity index (χ2n) is 4.37. The Bertz CT molecular complexity index is 680. The van der Waals surface area contributed by atoms with Crippen molar-refractivity contribution < 1.29 is 4.74 Å². The fourth-order valence-electron chi connectivity index (χ4n) is 2.32. The van der Waals surface area contributed by atoms with E-state index >= 15 is 0 Å². The van der Waals surface area contributed by atoms with E-state index in [4.69, 9.17) is 4.74 Å². The first kappa shape index (κ1) is 10.9. The molecule has 0 amide bonds. The van der Waals surface area contributed by atoms with Crippen LogP contribution in [0.2, 0.25) is 0 Å². The highest BCUT2D eigenvalue weighted by atomic mass is 16.5. The maximum atomic E-state index is 5.19. The Morgan fingerprint density at radius 2 is 1.78 bits per heavy atom. The summed E-state index contributed by atoms with van der Waals surface area (Å²) in [5, 5.41) is 0. The van der Waals surface area contributed by atoms with E-state index in [0.29, 0.717) is 0 Å². The van der Waals surface area contributed by atoms with Gasteiger partial charge in [0.25, 0.3) is 0 Å². The lowest BCUT2D eigenvalue weighted by atomic mass is 10.1. The first-order valence-electron chi connectivity index (χ1n) is 6.01. The number of fused-ring (bicyclic) bond motifs is 1. The maximum Gasteiger partial charge on any atom is 0.118 e. The molecule has 2 nitrogen and oxygen atoms in total. The Morgan fingerprint density at radius 1 is 1.00 bits per heavy atom. The molecule has 0 aliphatic heterocycles. The number of pyridine rings is 1. The van der Waals surface area contributed by atoms with Gasteiger partial charge in [0.15, 0.2) is 0 Å². The van der Waals surface area contributed by atoms with Crippen LogP contribution in [-0.2, 0) is 0 Å². The van der Waals surface area contributed by atoms with Gasteiger partial charge in [0, 0.05) is 23.0 Å². The summed E-state index contributed by atoms with van der Waals surface area (Å²) in [5.74, 6) is 0.889. The van der Waals surface area contributed by atoms with Crippen LogP contribution in [0, 0.1) is 6.92 Å². The van der Waals surface area contributed by atoms with Gasteiger partial charge in [-0.05, 0) is 42.8 Å². The molecule has 2 aromatic heterocycles. The molecule has 0 spiro atoms. The van der Waals surface area contributed by atoms with Crippen molar-refractivity contribution in [1.82, 2.24) is 4.40 Å². The average Bonchev–Trinajstić information content (AvgIpc) is 2.77. The Balaban J connectivity index is 2.15. The van der Waals surface area contributed by atoms with Crippen molar-refractivity contribution in [1.29, 1.82) is 0 Å². The van der Waals surface area contributed by atoms with E-state index in [9.17, 15) is 0 Å². The van der Waals surface area contributed by atoms with E-state index in [-0.39, 0.29) is 0 Å². The number of hydrogen-bond acceptors (Lipinski definition) is 1. The highest BCUT2D eigenvalue weighted by Gasteiger charge is 2.07. The number of hydrogen-bond donors (Lipinski definition) is 0. The minimum absolute atomic E-state index is 0.889. The summed E-state index contributed by atoms with van der Waals surface area (Å²) in [5.41, 5.74) is 4.97. The van der Waals surface area contributed by atoms with E-state index < -0.39 is 0 Å². The normalized spacial score (nSPS) is 10.8. The van der Waals surface area contributed by atoms with Crippen LogP contribution in [0.1, 0.15) is 5.69 Å². The number of methoxy groups -OCH3 is 1. The van der Waals surface area contributed by atoms with E-state index in [1.165, 1.54) is 22.3 Å². The predicted octanol–water partition coefficient (Wildman–Crippen LogP) is 3.92. The number of benzene rings is 1. The highest BCUT2D eigenvalue weighted by Crippen LogP contribution is 2.28. The number of rotatable bonds is 2. The van der Waals surface area contributed by atoms with Crippen LogP contribution in [0.25, 0.3) is 16.6 Å². The van der Waals surface area contributed by atoms with Gasteiger partial charge in [-0.1, -0.05) is 18.2 Å². The van der Waals surface area contributed by atoms with E-state index in [0.717, 1.165) is 5.75 Å². The number of aromatic nitrogens is 1. The fraction of sp³-hybridized carbons (Fsp3) is 0.125. The third-order valence-corrected chi connectivity index (χ3v) is 3.34. The summed E-state index contributed by atoms with van der Waals surface area (Å²) < 4.78 is 7.40. The topological polar surface area (TPSA) is 13.6 Å². The zero-order chi connectivity index (χ0) is 12.5. The summed E-state index contributed by atoms with van der Waals surface area (Å²) in [4.78, 5) is 0. The van der Waals surface area contributed by atoms with Crippen LogP contribution >= 0.6 is 0 Å². The van der Waals surface area contributed by atoms with Crippen molar-refractivity contribution >= 4 is 5.52 Å². The molecule has 3 rings (SSSR count). The minimum atomic E-state index is 0.889. The van der Waals surface area contributed by atoms with Gasteiger partial charge in [0.05, 0.1) is 7.11 Å². The first-order chi connectivity index (χ1) is 8.79. The molecule has 0 fully saturated rings. The zero-order valence-corrected chi connectivity index (χ0v) is 10.6. The van der Waals surface area contributed by atoms with Crippen LogP contribution in [0.15, 0.2) is 54.7 Å². The summed E-state index contributed by atoms with van der Waals surface area (Å²) >= 11 is 0. The number of nitrogens with zero attached hydrogens (tertiary/aromatic N) is 1. The maximum absolute atomic E-state index is 5.19. The van der Waals surface area contributed by atoms with E-state index in [1.807, 2.05) is 12.1 Å². The van der Waals surface area contributed by atoms with Crippen molar-refractivity contribution in [3.05, 3.63) is 60.4 Å². The van der Waals surface area contributed by atoms with Gasteiger partial charge in [0.1, 0.15) is 5.75 Å². The van der Waals surface area contributed by atoms with Crippen molar-refractivity contribution in [2.75, 3.05) is 7.11 Å². The van der Waals surface area contributed by atoms with Crippen LogP contribution in [0.3, 0.4) is 0 Å². The van der Waals surface area contributed by atoms with Gasteiger partial charge >= 0.3 is 0 Å². The lowest BCUT2D eigenvalue weighted by Crippen LogP contribution is -1.86. The van der Waals surface area contributed by atoms with Crippen molar-refractivity contribution in [3.63, 3.8) is 0 Å². The molecule has 18 heavy (non-hydrogen) atoms. The summed E-state index contributed by atoms with van der Waals surface area (Å²) in [7, 11) is 1.69. The largest absolute Gasteiger partial charge is 0.497 e. The monoisotopic (exact) mass is 237 g/mol. The smallest absolute Gasteiger partial charge is 0.118 e. The van der Waals surface area contributed by atoms with Gasteiger partial charge in [0.2, 0.25) is 0 Å². The zero-order valence-electron chi connectivity index (χ0n) is 10.6. The van der Waals surface area contributed by atoms with Gasteiger partial charge in [-0.2, -0.15) is 0 Å². The second-order valence-corrected chi connectivity index (χ2v) is 4.37. The molecule has 0 N–H and O–H groups in total. The summed E-state index contributed by atoms with van der Waals surface area (Å²) in [6, 6.07) is 16.6. The molecule has 3 aromatic rings. The molecule has 0 atom stereocenters. The third-order valence-electron chi connectivity index (χ3n) is 3.34. The van der Waals surface area contributed by atoms with Crippen LogP contribution in [0.4, 0.5) is 0 Å². The lowest BCUT2D eigenvalue weighted by Gasteiger charge is -2.03. The minimum Gasteiger partial charge on any atom is -0.497 e. The van der Waals surface area contributed by atoms with E-state index in [1.54, 1.807) is 7.11 Å². The van der Waals surface area contributed by atoms with E-state index in [2.05, 4.69) is 53.9 Å². The first-order valence-corrected chi connectivity index (χ1v) is 6.01. The van der Waals surface area contributed by atoms with Crippen molar-refractivity contribution in [3.8, 4) is 16.9 Å². The Labute approximate surface area is 106 Å². The molecule has 0 saturated heterocycles. The molecule has 0 aliphatic carbocycles. The van der Waals surface area contributed by atoms with Crippen LogP contribution in [0.5, 0.6) is 5.75 Å². The predicted molar refractivity (Wildman–Crippen MR) is 74.1 cm³/mol. The molecule has 0 aliphatic rings. The Kier molecular flexibility index (Phi) is 2.56. The van der Waals surface area contributed by atoms with Gasteiger partial charge in [-0.25, -0.2) is 0 Å². The summed E-state index contributed by atoms with van der Waals surface area (Å²) in [6.45, 7) is 2.15. The van der Waals surface area contributed by atoms with Gasteiger partial charge in [-0.15, -0.1) is 0 Å². The number of aryl methyl sites for hydroxylation is 1. The molecule has 90 valence electrons. The van der Waals surface area contributed by atoms with Gasteiger partial charge in [-0.3, -0.25) is 0 Å². The SMILES string of the molecule is COc1ccc(-c2cc3ccccn3c2C)cc1. The molecular weight excluding hydrogens is 222 g/mol. The Morgan fingerprint density at radius 3 is 2.44 bits per heavy atom. The average molecular weight is 237 g/mol. The van der Waals surface area contributed by atoms with Crippen LogP contribution < -0.4 is 4.74 Å². The Hall–Kier alpha value is -2.22.